The van der Waals surface area contributed by atoms with Crippen molar-refractivity contribution in [2.24, 2.45) is 35.5 Å². The van der Waals surface area contributed by atoms with E-state index in [1.807, 2.05) is 0 Å². The largest absolute Gasteiger partial charge is 0.0917 e. The van der Waals surface area contributed by atoms with Crippen molar-refractivity contribution >= 4 is 0 Å². The van der Waals surface area contributed by atoms with Crippen LogP contribution < -0.4 is 0 Å². The van der Waals surface area contributed by atoms with E-state index in [1.165, 1.54) is 57.8 Å². The Morgan fingerprint density at radius 2 is 1.16 bits per heavy atom. The summed E-state index contributed by atoms with van der Waals surface area (Å²) in [5.41, 5.74) is 1.54. The lowest BCUT2D eigenvalue weighted by Gasteiger charge is -2.41. The van der Waals surface area contributed by atoms with Gasteiger partial charge in [0.15, 0.2) is 0 Å². The van der Waals surface area contributed by atoms with Gasteiger partial charge in [0, 0.05) is 0 Å². The van der Waals surface area contributed by atoms with Crippen molar-refractivity contribution in [3.05, 3.63) is 48.0 Å². The van der Waals surface area contributed by atoms with Gasteiger partial charge in [0.1, 0.15) is 0 Å². The monoisotopic (exact) mass is 434 g/mol. The van der Waals surface area contributed by atoms with Gasteiger partial charge < -0.3 is 0 Å². The van der Waals surface area contributed by atoms with Crippen LogP contribution in [0.25, 0.3) is 0 Å². The second kappa shape index (κ2) is 12.4. The van der Waals surface area contributed by atoms with Gasteiger partial charge in [-0.25, -0.2) is 0 Å². The Bertz CT molecular complexity index is 649. The first kappa shape index (κ1) is 24.1. The summed E-state index contributed by atoms with van der Waals surface area (Å²) in [6.07, 6.45) is 27.2. The maximum absolute atomic E-state index is 2.44. The Balaban J connectivity index is 1.13. The lowest BCUT2D eigenvalue weighted by molar-refractivity contribution is 0.102. The molecule has 0 bridgehead atoms. The highest BCUT2D eigenvalue weighted by Crippen LogP contribution is 2.47. The number of hydrogen-bond acceptors (Lipinski definition) is 0. The molecule has 0 spiro atoms. The van der Waals surface area contributed by atoms with Crippen LogP contribution in [-0.4, -0.2) is 0 Å². The van der Waals surface area contributed by atoms with E-state index >= 15 is 0 Å². The van der Waals surface area contributed by atoms with E-state index in [4.69, 9.17) is 0 Å². The van der Waals surface area contributed by atoms with Crippen molar-refractivity contribution in [3.63, 3.8) is 0 Å². The van der Waals surface area contributed by atoms with Crippen LogP contribution in [-0.2, 0) is 0 Å². The van der Waals surface area contributed by atoms with Crippen LogP contribution in [0.3, 0.4) is 0 Å². The molecule has 3 fully saturated rings. The summed E-state index contributed by atoms with van der Waals surface area (Å²) in [7, 11) is 0. The van der Waals surface area contributed by atoms with E-state index in [0.717, 1.165) is 41.4 Å². The molecule has 4 rings (SSSR count). The summed E-state index contributed by atoms with van der Waals surface area (Å²) in [5, 5.41) is 0. The van der Waals surface area contributed by atoms with Crippen LogP contribution >= 0.6 is 0 Å². The van der Waals surface area contributed by atoms with Gasteiger partial charge >= 0.3 is 0 Å². The van der Waals surface area contributed by atoms with Gasteiger partial charge in [0.25, 0.3) is 0 Å². The van der Waals surface area contributed by atoms with Crippen molar-refractivity contribution in [2.75, 3.05) is 0 Å². The molecule has 178 valence electrons. The average molecular weight is 435 g/mol. The molecule has 0 heterocycles. The molecule has 0 nitrogen and oxygen atoms in total. The minimum atomic E-state index is 0.728. The fourth-order valence-corrected chi connectivity index (χ4v) is 7.85. The topological polar surface area (TPSA) is 0 Å². The molecule has 0 aromatic heterocycles. The summed E-state index contributed by atoms with van der Waals surface area (Å²) >= 11 is 0. The summed E-state index contributed by atoms with van der Waals surface area (Å²) in [4.78, 5) is 0. The van der Waals surface area contributed by atoms with Gasteiger partial charge in [-0.1, -0.05) is 75.1 Å². The molecule has 32 heavy (non-hydrogen) atoms. The fourth-order valence-electron chi connectivity index (χ4n) is 7.85. The first-order valence-corrected chi connectivity index (χ1v) is 14.4. The van der Waals surface area contributed by atoms with Crippen LogP contribution in [0.1, 0.15) is 122 Å². The van der Waals surface area contributed by atoms with Gasteiger partial charge in [-0.15, -0.1) is 0 Å². The molecule has 3 aliphatic carbocycles. The summed E-state index contributed by atoms with van der Waals surface area (Å²) < 4.78 is 0. The number of benzene rings is 1. The molecular weight excluding hydrogens is 384 g/mol. The van der Waals surface area contributed by atoms with E-state index in [9.17, 15) is 0 Å². The predicted octanol–water partition coefficient (Wildman–Crippen LogP) is 9.96. The van der Waals surface area contributed by atoms with Crippen LogP contribution in [0, 0.1) is 35.5 Å². The highest BCUT2D eigenvalue weighted by molar-refractivity contribution is 5.18. The molecule has 1 aromatic rings. The smallest absolute Gasteiger partial charge is 0.0188 e. The number of rotatable bonds is 8. The quantitative estimate of drug-likeness (QED) is 0.357. The Morgan fingerprint density at radius 3 is 1.66 bits per heavy atom. The van der Waals surface area contributed by atoms with E-state index in [2.05, 4.69) is 56.3 Å². The van der Waals surface area contributed by atoms with Crippen LogP contribution in [0.15, 0.2) is 42.5 Å². The maximum atomic E-state index is 2.44. The lowest BCUT2D eigenvalue weighted by atomic mass is 9.64. The normalized spacial score (nSPS) is 35.1. The molecular formula is C32H50. The number of allylic oxidation sites excluding steroid dienone is 2. The summed E-state index contributed by atoms with van der Waals surface area (Å²) in [6.45, 7) is 4.60. The molecule has 1 aromatic carbocycles. The molecule has 0 aliphatic heterocycles. The molecule has 0 heteroatoms. The molecule has 0 N–H and O–H groups in total. The van der Waals surface area contributed by atoms with Gasteiger partial charge in [0.05, 0.1) is 0 Å². The summed E-state index contributed by atoms with van der Waals surface area (Å²) in [5.74, 6) is 7.00. The van der Waals surface area contributed by atoms with Gasteiger partial charge in [0.2, 0.25) is 0 Å². The first-order chi connectivity index (χ1) is 15.7. The van der Waals surface area contributed by atoms with Crippen molar-refractivity contribution in [3.8, 4) is 0 Å². The van der Waals surface area contributed by atoms with Gasteiger partial charge in [-0.3, -0.25) is 0 Å². The Morgan fingerprint density at radius 1 is 0.688 bits per heavy atom. The minimum absolute atomic E-state index is 0.728. The zero-order valence-electron chi connectivity index (χ0n) is 21.2. The lowest BCUT2D eigenvalue weighted by Crippen LogP contribution is -2.30. The Hall–Kier alpha value is -1.04. The Kier molecular flexibility index (Phi) is 9.36. The predicted molar refractivity (Wildman–Crippen MR) is 140 cm³/mol. The highest BCUT2D eigenvalue weighted by atomic mass is 14.4. The third kappa shape index (κ3) is 6.74. The molecule has 3 saturated carbocycles. The average Bonchev–Trinajstić information content (AvgIpc) is 2.86. The standard InChI is InChI=1S/C32H50/c1-3-4-6-9-26-12-16-29(17-13-26)31-20-22-32(23-21-31)30-18-14-27(15-19-30)24-25(2)28-10-7-5-8-11-28/h3-5,7-8,10-11,25-27,29-32H,6,9,12-24H2,1-2H3/b4-3+/t25-,26?,27?,29?,30?,31?,32?/m1/s1. The molecule has 1 atom stereocenters. The fraction of sp³-hybridized carbons (Fsp3) is 0.750. The second-order valence-corrected chi connectivity index (χ2v) is 11.9. The third-order valence-electron chi connectivity index (χ3n) is 9.97. The van der Waals surface area contributed by atoms with Crippen LogP contribution in [0.2, 0.25) is 0 Å². The van der Waals surface area contributed by atoms with E-state index in [-0.39, 0.29) is 0 Å². The zero-order valence-corrected chi connectivity index (χ0v) is 21.2. The number of hydrogen-bond donors (Lipinski definition) is 0. The van der Waals surface area contributed by atoms with E-state index in [0.29, 0.717) is 0 Å². The molecule has 3 aliphatic rings. The van der Waals surface area contributed by atoms with Crippen molar-refractivity contribution in [1.82, 2.24) is 0 Å². The second-order valence-electron chi connectivity index (χ2n) is 11.9. The third-order valence-corrected chi connectivity index (χ3v) is 9.97. The highest BCUT2D eigenvalue weighted by Gasteiger charge is 2.34. The molecule has 0 saturated heterocycles. The maximum Gasteiger partial charge on any atom is -0.0188 e. The van der Waals surface area contributed by atoms with Gasteiger partial charge in [-0.2, -0.15) is 0 Å². The summed E-state index contributed by atoms with van der Waals surface area (Å²) in [6, 6.07) is 11.2. The molecule has 0 amide bonds. The van der Waals surface area contributed by atoms with Crippen LogP contribution in [0.5, 0.6) is 0 Å². The van der Waals surface area contributed by atoms with E-state index < -0.39 is 0 Å². The SMILES string of the molecule is C/C=C/CCC1CCC(C2CCC(C3CCC(C[C@@H](C)c4ccccc4)CC3)CC2)CC1. The first-order valence-electron chi connectivity index (χ1n) is 14.4. The van der Waals surface area contributed by atoms with Crippen molar-refractivity contribution < 1.29 is 0 Å². The van der Waals surface area contributed by atoms with E-state index in [1.54, 1.807) is 44.1 Å². The molecule has 0 unspecified atom stereocenters. The minimum Gasteiger partial charge on any atom is -0.0917 e. The van der Waals surface area contributed by atoms with Gasteiger partial charge in [-0.05, 0) is 125 Å². The Labute approximate surface area is 199 Å². The zero-order chi connectivity index (χ0) is 22.2. The van der Waals surface area contributed by atoms with Crippen LogP contribution in [0.4, 0.5) is 0 Å². The van der Waals surface area contributed by atoms with Crippen molar-refractivity contribution in [2.45, 2.75) is 116 Å². The van der Waals surface area contributed by atoms with Crippen molar-refractivity contribution in [1.29, 1.82) is 0 Å². The molecule has 0 radical (unpaired) electrons.